The number of anilines is 1. The average molecular weight is 214 g/mol. The molecule has 1 heterocycles. The predicted octanol–water partition coefficient (Wildman–Crippen LogP) is 2.59. The highest BCUT2D eigenvalue weighted by Crippen LogP contribution is 2.18. The van der Waals surface area contributed by atoms with E-state index in [1.54, 1.807) is 0 Å². The molecule has 0 N–H and O–H groups in total. The van der Waals surface area contributed by atoms with E-state index in [1.165, 1.54) is 0 Å². The molecular weight excluding hydrogens is 198 g/mol. The van der Waals surface area contributed by atoms with Crippen molar-refractivity contribution >= 4 is 17.5 Å². The Bertz CT molecular complexity index is 298. The van der Waals surface area contributed by atoms with E-state index >= 15 is 0 Å². The topological polar surface area (TPSA) is 29.0 Å². The molecule has 0 aliphatic rings. The van der Waals surface area contributed by atoms with Crippen LogP contribution in [0.25, 0.3) is 0 Å². The Morgan fingerprint density at radius 1 is 1.14 bits per heavy atom. The molecule has 0 aliphatic carbocycles. The maximum absolute atomic E-state index is 6.00. The maximum Gasteiger partial charge on any atom is 0.226 e. The molecule has 0 unspecified atom stereocenters. The fourth-order valence-corrected chi connectivity index (χ4v) is 1.44. The van der Waals surface area contributed by atoms with Gasteiger partial charge in [-0.15, -0.1) is 0 Å². The Morgan fingerprint density at radius 3 is 2.14 bits per heavy atom. The summed E-state index contributed by atoms with van der Waals surface area (Å²) in [5.74, 6) is 0.725. The van der Waals surface area contributed by atoms with Gasteiger partial charge in [0.25, 0.3) is 0 Å². The molecule has 0 radical (unpaired) electrons. The number of hydrogen-bond acceptors (Lipinski definition) is 3. The largest absolute Gasteiger partial charge is 0.341 e. The van der Waals surface area contributed by atoms with Crippen LogP contribution in [-0.2, 0) is 0 Å². The minimum atomic E-state index is 0.555. The lowest BCUT2D eigenvalue weighted by Crippen LogP contribution is -2.24. The lowest BCUT2D eigenvalue weighted by Gasteiger charge is -2.19. The van der Waals surface area contributed by atoms with Crippen molar-refractivity contribution in [2.24, 2.45) is 0 Å². The molecule has 0 bridgehead atoms. The summed E-state index contributed by atoms with van der Waals surface area (Å²) < 4.78 is 0. The van der Waals surface area contributed by atoms with Crippen LogP contribution in [0.2, 0.25) is 5.15 Å². The SMILES string of the molecule is CCN(CC)c1nc(C)c(C)c(Cl)n1. The van der Waals surface area contributed by atoms with Crippen LogP contribution in [0, 0.1) is 13.8 Å². The molecule has 0 aliphatic heterocycles. The van der Waals surface area contributed by atoms with Crippen LogP contribution in [0.3, 0.4) is 0 Å². The van der Waals surface area contributed by atoms with E-state index in [0.717, 1.165) is 30.3 Å². The van der Waals surface area contributed by atoms with Crippen molar-refractivity contribution in [3.8, 4) is 0 Å². The van der Waals surface area contributed by atoms with Crippen molar-refractivity contribution in [2.75, 3.05) is 18.0 Å². The van der Waals surface area contributed by atoms with Gasteiger partial charge in [0, 0.05) is 24.3 Å². The second-order valence-corrected chi connectivity index (χ2v) is 3.56. The predicted molar refractivity (Wildman–Crippen MR) is 60.1 cm³/mol. The average Bonchev–Trinajstić information content (AvgIpc) is 2.16. The number of hydrogen-bond donors (Lipinski definition) is 0. The van der Waals surface area contributed by atoms with Crippen LogP contribution in [0.5, 0.6) is 0 Å². The number of halogens is 1. The molecule has 1 rings (SSSR count). The molecular formula is C10H16ClN3. The fourth-order valence-electron chi connectivity index (χ4n) is 1.23. The van der Waals surface area contributed by atoms with Gasteiger partial charge in [-0.05, 0) is 27.7 Å². The van der Waals surface area contributed by atoms with Gasteiger partial charge >= 0.3 is 0 Å². The lowest BCUT2D eigenvalue weighted by atomic mass is 10.3. The van der Waals surface area contributed by atoms with E-state index in [4.69, 9.17) is 11.6 Å². The van der Waals surface area contributed by atoms with E-state index in [2.05, 4.69) is 28.7 Å². The Labute approximate surface area is 90.1 Å². The summed E-state index contributed by atoms with van der Waals surface area (Å²) >= 11 is 6.00. The highest BCUT2D eigenvalue weighted by Gasteiger charge is 2.09. The van der Waals surface area contributed by atoms with Gasteiger partial charge in [-0.2, -0.15) is 0 Å². The first-order chi connectivity index (χ1) is 6.60. The number of rotatable bonds is 3. The molecule has 0 saturated heterocycles. The molecule has 0 saturated carbocycles. The smallest absolute Gasteiger partial charge is 0.226 e. The summed E-state index contributed by atoms with van der Waals surface area (Å²) in [6.07, 6.45) is 0. The van der Waals surface area contributed by atoms with Crippen molar-refractivity contribution in [3.63, 3.8) is 0 Å². The number of aromatic nitrogens is 2. The molecule has 1 aromatic rings. The van der Waals surface area contributed by atoms with E-state index in [-0.39, 0.29) is 0 Å². The molecule has 0 amide bonds. The third-order valence-corrected chi connectivity index (χ3v) is 2.73. The molecule has 0 spiro atoms. The minimum absolute atomic E-state index is 0.555. The van der Waals surface area contributed by atoms with Gasteiger partial charge in [-0.1, -0.05) is 11.6 Å². The van der Waals surface area contributed by atoms with Crippen molar-refractivity contribution in [1.29, 1.82) is 0 Å². The summed E-state index contributed by atoms with van der Waals surface area (Å²) in [5, 5.41) is 0.555. The minimum Gasteiger partial charge on any atom is -0.341 e. The van der Waals surface area contributed by atoms with Gasteiger partial charge < -0.3 is 4.90 Å². The Morgan fingerprint density at radius 2 is 1.71 bits per heavy atom. The molecule has 4 heteroatoms. The van der Waals surface area contributed by atoms with Crippen molar-refractivity contribution < 1.29 is 0 Å². The molecule has 78 valence electrons. The summed E-state index contributed by atoms with van der Waals surface area (Å²) in [6.45, 7) is 9.84. The van der Waals surface area contributed by atoms with E-state index in [9.17, 15) is 0 Å². The van der Waals surface area contributed by atoms with Crippen molar-refractivity contribution in [2.45, 2.75) is 27.7 Å². The maximum atomic E-state index is 6.00. The zero-order chi connectivity index (χ0) is 10.7. The summed E-state index contributed by atoms with van der Waals surface area (Å²) in [4.78, 5) is 10.7. The monoisotopic (exact) mass is 213 g/mol. The van der Waals surface area contributed by atoms with Crippen LogP contribution in [0.1, 0.15) is 25.1 Å². The highest BCUT2D eigenvalue weighted by molar-refractivity contribution is 6.30. The Balaban J connectivity index is 3.11. The van der Waals surface area contributed by atoms with E-state index in [1.807, 2.05) is 13.8 Å². The van der Waals surface area contributed by atoms with Gasteiger partial charge in [-0.25, -0.2) is 9.97 Å². The second kappa shape index (κ2) is 4.60. The zero-order valence-corrected chi connectivity index (χ0v) is 9.89. The molecule has 14 heavy (non-hydrogen) atoms. The van der Waals surface area contributed by atoms with Crippen LogP contribution < -0.4 is 4.90 Å². The molecule has 0 fully saturated rings. The first-order valence-corrected chi connectivity index (χ1v) is 5.23. The number of aryl methyl sites for hydroxylation is 1. The summed E-state index contributed by atoms with van der Waals surface area (Å²) in [6, 6.07) is 0. The standard InChI is InChI=1S/C10H16ClN3/c1-5-14(6-2)10-12-8(4)7(3)9(11)13-10/h5-6H2,1-4H3. The van der Waals surface area contributed by atoms with Gasteiger partial charge in [-0.3, -0.25) is 0 Å². The van der Waals surface area contributed by atoms with Crippen LogP contribution >= 0.6 is 11.6 Å². The van der Waals surface area contributed by atoms with Gasteiger partial charge in [0.1, 0.15) is 5.15 Å². The van der Waals surface area contributed by atoms with E-state index < -0.39 is 0 Å². The molecule has 1 aromatic heterocycles. The third kappa shape index (κ3) is 2.15. The van der Waals surface area contributed by atoms with Gasteiger partial charge in [0.15, 0.2) is 0 Å². The Hall–Kier alpha value is -0.830. The lowest BCUT2D eigenvalue weighted by molar-refractivity contribution is 0.813. The second-order valence-electron chi connectivity index (χ2n) is 3.20. The zero-order valence-electron chi connectivity index (χ0n) is 9.13. The molecule has 0 atom stereocenters. The normalized spacial score (nSPS) is 10.4. The first-order valence-electron chi connectivity index (χ1n) is 4.85. The summed E-state index contributed by atoms with van der Waals surface area (Å²) in [7, 11) is 0. The quantitative estimate of drug-likeness (QED) is 0.723. The van der Waals surface area contributed by atoms with Crippen LogP contribution in [0.15, 0.2) is 0 Å². The van der Waals surface area contributed by atoms with Gasteiger partial charge in [0.05, 0.1) is 0 Å². The Kier molecular flexibility index (Phi) is 3.69. The van der Waals surface area contributed by atoms with Crippen LogP contribution in [-0.4, -0.2) is 23.1 Å². The number of nitrogens with zero attached hydrogens (tertiary/aromatic N) is 3. The molecule has 3 nitrogen and oxygen atoms in total. The summed E-state index contributed by atoms with van der Waals surface area (Å²) in [5.41, 5.74) is 1.91. The fraction of sp³-hybridized carbons (Fsp3) is 0.600. The van der Waals surface area contributed by atoms with Crippen molar-refractivity contribution in [3.05, 3.63) is 16.4 Å². The van der Waals surface area contributed by atoms with Crippen LogP contribution in [0.4, 0.5) is 5.95 Å². The molecule has 0 aromatic carbocycles. The van der Waals surface area contributed by atoms with E-state index in [0.29, 0.717) is 5.15 Å². The third-order valence-electron chi connectivity index (χ3n) is 2.36. The first kappa shape index (κ1) is 11.2. The van der Waals surface area contributed by atoms with Gasteiger partial charge in [0.2, 0.25) is 5.95 Å². The van der Waals surface area contributed by atoms with Crippen molar-refractivity contribution in [1.82, 2.24) is 9.97 Å². The highest BCUT2D eigenvalue weighted by atomic mass is 35.5.